The third-order valence-electron chi connectivity index (χ3n) is 3.82. The Labute approximate surface area is 144 Å². The van der Waals surface area contributed by atoms with Gasteiger partial charge in [0.05, 0.1) is 23.6 Å². The maximum absolute atomic E-state index is 13.3. The zero-order valence-electron chi connectivity index (χ0n) is 13.6. The molecule has 0 bridgehead atoms. The molecular formula is C15H17FN4O4S. The van der Waals surface area contributed by atoms with Gasteiger partial charge in [0.1, 0.15) is 16.8 Å². The molecule has 134 valence electrons. The van der Waals surface area contributed by atoms with E-state index in [2.05, 4.69) is 14.9 Å². The van der Waals surface area contributed by atoms with Gasteiger partial charge in [-0.15, -0.1) is 0 Å². The van der Waals surface area contributed by atoms with Crippen molar-refractivity contribution in [3.63, 3.8) is 0 Å². The number of aryl methyl sites for hydroxylation is 2. The van der Waals surface area contributed by atoms with Crippen LogP contribution < -0.4 is 9.62 Å². The molecular weight excluding hydrogens is 351 g/mol. The van der Waals surface area contributed by atoms with Gasteiger partial charge in [0.25, 0.3) is 0 Å². The van der Waals surface area contributed by atoms with Crippen LogP contribution in [-0.2, 0) is 14.8 Å². The van der Waals surface area contributed by atoms with E-state index in [-0.39, 0.29) is 18.0 Å². The largest absolute Gasteiger partial charge is 0.443 e. The second-order valence-electron chi connectivity index (χ2n) is 5.71. The minimum absolute atomic E-state index is 0.0822. The maximum atomic E-state index is 13.3. The number of sulfonamides is 1. The number of cyclic esters (lactones) is 1. The molecule has 2 heterocycles. The van der Waals surface area contributed by atoms with Crippen molar-refractivity contribution >= 4 is 21.8 Å². The number of anilines is 1. The fourth-order valence-corrected chi connectivity index (χ4v) is 4.13. The molecule has 25 heavy (non-hydrogen) atoms. The van der Waals surface area contributed by atoms with Gasteiger partial charge < -0.3 is 4.74 Å². The Kier molecular flexibility index (Phi) is 4.48. The SMILES string of the molecule is Cc1n[nH]c(C)c1S(=O)(=O)NCC1CN(c2cccc(F)c2)C(=O)O1. The van der Waals surface area contributed by atoms with Crippen LogP contribution in [0.5, 0.6) is 0 Å². The molecule has 0 spiro atoms. The number of nitrogens with one attached hydrogen (secondary N) is 2. The highest BCUT2D eigenvalue weighted by Gasteiger charge is 2.34. The molecule has 3 rings (SSSR count). The summed E-state index contributed by atoms with van der Waals surface area (Å²) in [6.45, 7) is 3.22. The van der Waals surface area contributed by atoms with E-state index in [1.54, 1.807) is 19.9 Å². The van der Waals surface area contributed by atoms with Crippen molar-refractivity contribution in [2.75, 3.05) is 18.0 Å². The smallest absolute Gasteiger partial charge is 0.414 e. The van der Waals surface area contributed by atoms with E-state index in [0.29, 0.717) is 17.1 Å². The fourth-order valence-electron chi connectivity index (χ4n) is 2.69. The molecule has 0 aliphatic carbocycles. The molecule has 1 aliphatic rings. The number of H-pyrrole nitrogens is 1. The first kappa shape index (κ1) is 17.4. The quantitative estimate of drug-likeness (QED) is 0.832. The summed E-state index contributed by atoms with van der Waals surface area (Å²) in [5.74, 6) is -0.472. The Hall–Kier alpha value is -2.46. The Balaban J connectivity index is 1.68. The summed E-state index contributed by atoms with van der Waals surface area (Å²) < 4.78 is 45.7. The molecule has 1 aliphatic heterocycles. The van der Waals surface area contributed by atoms with E-state index in [4.69, 9.17) is 4.74 Å². The highest BCUT2D eigenvalue weighted by Crippen LogP contribution is 2.22. The number of nitrogens with zero attached hydrogens (tertiary/aromatic N) is 2. The Morgan fingerprint density at radius 3 is 2.84 bits per heavy atom. The average molecular weight is 368 g/mol. The van der Waals surface area contributed by atoms with Gasteiger partial charge in [-0.05, 0) is 32.0 Å². The van der Waals surface area contributed by atoms with E-state index in [9.17, 15) is 17.6 Å². The number of hydrogen-bond donors (Lipinski definition) is 2. The van der Waals surface area contributed by atoms with E-state index in [1.807, 2.05) is 0 Å². The predicted octanol–water partition coefficient (Wildman–Crippen LogP) is 1.47. The molecule has 0 radical (unpaired) electrons. The molecule has 1 unspecified atom stereocenters. The molecule has 10 heteroatoms. The van der Waals surface area contributed by atoms with Gasteiger partial charge in [0, 0.05) is 6.54 Å². The summed E-state index contributed by atoms with van der Waals surface area (Å²) in [6.07, 6.45) is -1.33. The van der Waals surface area contributed by atoms with Gasteiger partial charge in [0.2, 0.25) is 10.0 Å². The highest BCUT2D eigenvalue weighted by molar-refractivity contribution is 7.89. The third-order valence-corrected chi connectivity index (χ3v) is 5.51. The van der Waals surface area contributed by atoms with Gasteiger partial charge in [0.15, 0.2) is 0 Å². The zero-order valence-corrected chi connectivity index (χ0v) is 14.4. The first-order valence-corrected chi connectivity index (χ1v) is 9.01. The lowest BCUT2D eigenvalue weighted by Crippen LogP contribution is -2.35. The van der Waals surface area contributed by atoms with Crippen molar-refractivity contribution in [1.82, 2.24) is 14.9 Å². The lowest BCUT2D eigenvalue weighted by atomic mass is 10.2. The van der Waals surface area contributed by atoms with Crippen LogP contribution in [0.1, 0.15) is 11.4 Å². The van der Waals surface area contributed by atoms with Crippen LogP contribution in [0.3, 0.4) is 0 Å². The number of amides is 1. The van der Waals surface area contributed by atoms with E-state index in [1.165, 1.54) is 23.1 Å². The molecule has 1 aromatic heterocycles. The van der Waals surface area contributed by atoms with Crippen molar-refractivity contribution < 1.29 is 22.3 Å². The van der Waals surface area contributed by atoms with E-state index in [0.717, 1.165) is 0 Å². The lowest BCUT2D eigenvalue weighted by molar-refractivity contribution is 0.143. The Bertz CT molecular complexity index is 893. The summed E-state index contributed by atoms with van der Waals surface area (Å²) in [7, 11) is -3.79. The van der Waals surface area contributed by atoms with Gasteiger partial charge in [-0.2, -0.15) is 5.10 Å². The fraction of sp³-hybridized carbons (Fsp3) is 0.333. The zero-order chi connectivity index (χ0) is 18.2. The molecule has 1 saturated heterocycles. The normalized spacial score (nSPS) is 17.8. The van der Waals surface area contributed by atoms with Crippen LogP contribution in [0.15, 0.2) is 29.2 Å². The van der Waals surface area contributed by atoms with Crippen molar-refractivity contribution in [2.45, 2.75) is 24.8 Å². The maximum Gasteiger partial charge on any atom is 0.414 e. The molecule has 1 fully saturated rings. The molecule has 2 N–H and O–H groups in total. The number of benzene rings is 1. The van der Waals surface area contributed by atoms with Crippen LogP contribution in [-0.4, -0.2) is 43.9 Å². The van der Waals surface area contributed by atoms with E-state index >= 15 is 0 Å². The first-order chi connectivity index (χ1) is 11.8. The Morgan fingerprint density at radius 1 is 1.44 bits per heavy atom. The van der Waals surface area contributed by atoms with Crippen molar-refractivity contribution in [2.24, 2.45) is 0 Å². The van der Waals surface area contributed by atoms with Gasteiger partial charge in [-0.25, -0.2) is 22.3 Å². The third kappa shape index (κ3) is 3.49. The molecule has 1 atom stereocenters. The number of ether oxygens (including phenoxy) is 1. The number of carbonyl (C=O) groups is 1. The van der Waals surface area contributed by atoms with E-state index < -0.39 is 28.0 Å². The number of halogens is 1. The molecule has 1 amide bonds. The lowest BCUT2D eigenvalue weighted by Gasteiger charge is -2.13. The monoisotopic (exact) mass is 368 g/mol. The molecule has 1 aromatic carbocycles. The number of carbonyl (C=O) groups excluding carboxylic acids is 1. The van der Waals surface area contributed by atoms with Crippen LogP contribution in [0.4, 0.5) is 14.9 Å². The average Bonchev–Trinajstić information content (AvgIpc) is 3.08. The summed E-state index contributed by atoms with van der Waals surface area (Å²) in [4.78, 5) is 13.3. The number of aromatic amines is 1. The van der Waals surface area contributed by atoms with Gasteiger partial charge in [-0.1, -0.05) is 6.07 Å². The molecule has 0 saturated carbocycles. The standard InChI is InChI=1S/C15H17FN4O4S/c1-9-14(10(2)19-18-9)25(22,23)17-7-13-8-20(15(21)24-13)12-5-3-4-11(16)6-12/h3-6,13,17H,7-8H2,1-2H3,(H,18,19). The van der Waals surface area contributed by atoms with Crippen LogP contribution >= 0.6 is 0 Å². The van der Waals surface area contributed by atoms with Crippen LogP contribution in [0.25, 0.3) is 0 Å². The predicted molar refractivity (Wildman–Crippen MR) is 87.3 cm³/mol. The summed E-state index contributed by atoms with van der Waals surface area (Å²) in [5.41, 5.74) is 1.14. The highest BCUT2D eigenvalue weighted by atomic mass is 32.2. The molecule has 8 nitrogen and oxygen atoms in total. The second-order valence-corrected chi connectivity index (χ2v) is 7.42. The van der Waals surface area contributed by atoms with Crippen LogP contribution in [0, 0.1) is 19.7 Å². The summed E-state index contributed by atoms with van der Waals surface area (Å²) in [5, 5.41) is 6.47. The number of hydrogen-bond acceptors (Lipinski definition) is 5. The Morgan fingerprint density at radius 2 is 2.20 bits per heavy atom. The van der Waals surface area contributed by atoms with Crippen molar-refractivity contribution in [1.29, 1.82) is 0 Å². The number of rotatable bonds is 5. The topological polar surface area (TPSA) is 104 Å². The number of aromatic nitrogens is 2. The summed E-state index contributed by atoms with van der Waals surface area (Å²) >= 11 is 0. The van der Waals surface area contributed by atoms with Crippen molar-refractivity contribution in [3.05, 3.63) is 41.5 Å². The molecule has 2 aromatic rings. The first-order valence-electron chi connectivity index (χ1n) is 7.53. The van der Waals surface area contributed by atoms with Gasteiger partial charge >= 0.3 is 6.09 Å². The summed E-state index contributed by atoms with van der Waals surface area (Å²) in [6, 6.07) is 5.55. The van der Waals surface area contributed by atoms with Crippen molar-refractivity contribution in [3.8, 4) is 0 Å². The minimum Gasteiger partial charge on any atom is -0.443 e. The van der Waals surface area contributed by atoms with Gasteiger partial charge in [-0.3, -0.25) is 10.00 Å². The second kappa shape index (κ2) is 6.45. The van der Waals surface area contributed by atoms with Crippen LogP contribution in [0.2, 0.25) is 0 Å². The minimum atomic E-state index is -3.79.